The number of nitrogens with one attached hydrogen (secondary N) is 1. The van der Waals surface area contributed by atoms with Crippen LogP contribution in [0.1, 0.15) is 5.56 Å². The molecule has 6 nitrogen and oxygen atoms in total. The first-order chi connectivity index (χ1) is 12.8. The second-order valence-corrected chi connectivity index (χ2v) is 5.74. The molecule has 26 heavy (non-hydrogen) atoms. The highest BCUT2D eigenvalue weighted by molar-refractivity contribution is 5.88. The Hall–Kier alpha value is -3.67. The molecule has 0 aliphatic rings. The van der Waals surface area contributed by atoms with Gasteiger partial charge in [-0.25, -0.2) is 4.98 Å². The van der Waals surface area contributed by atoms with Gasteiger partial charge in [0.25, 0.3) is 0 Å². The average Bonchev–Trinajstić information content (AvgIpc) is 2.70. The molecule has 128 valence electrons. The lowest BCUT2D eigenvalue weighted by Crippen LogP contribution is -2.07. The summed E-state index contributed by atoms with van der Waals surface area (Å²) in [5.41, 5.74) is 7.61. The number of hydrogen-bond donors (Lipinski definition) is 2. The Labute approximate surface area is 150 Å². The van der Waals surface area contributed by atoms with Gasteiger partial charge in [0.1, 0.15) is 17.8 Å². The second-order valence-electron chi connectivity index (χ2n) is 5.74. The van der Waals surface area contributed by atoms with Crippen molar-refractivity contribution in [2.24, 2.45) is 0 Å². The molecule has 0 atom stereocenters. The van der Waals surface area contributed by atoms with Crippen molar-refractivity contribution in [3.8, 4) is 11.6 Å². The van der Waals surface area contributed by atoms with Crippen molar-refractivity contribution in [3.63, 3.8) is 0 Å². The number of anilines is 2. The Morgan fingerprint density at radius 3 is 2.73 bits per heavy atom. The summed E-state index contributed by atoms with van der Waals surface area (Å²) in [6, 6.07) is 17.7. The zero-order valence-corrected chi connectivity index (χ0v) is 14.0. The average molecular weight is 343 g/mol. The summed E-state index contributed by atoms with van der Waals surface area (Å²) in [5, 5.41) is 5.28. The number of rotatable bonds is 5. The Morgan fingerprint density at radius 1 is 0.962 bits per heavy atom. The van der Waals surface area contributed by atoms with E-state index in [9.17, 15) is 0 Å². The molecule has 6 heteroatoms. The molecule has 2 aromatic heterocycles. The van der Waals surface area contributed by atoms with E-state index in [1.54, 1.807) is 12.4 Å². The molecule has 0 aliphatic carbocycles. The maximum absolute atomic E-state index is 6.21. The normalized spacial score (nSPS) is 10.6. The largest absolute Gasteiger partial charge is 0.436 e. The van der Waals surface area contributed by atoms with Crippen molar-refractivity contribution in [2.45, 2.75) is 6.54 Å². The predicted octanol–water partition coefficient (Wildman–Crippen LogP) is 4.01. The molecule has 2 heterocycles. The predicted molar refractivity (Wildman–Crippen MR) is 102 cm³/mol. The summed E-state index contributed by atoms with van der Waals surface area (Å²) < 4.78 is 5.99. The lowest BCUT2D eigenvalue weighted by atomic mass is 10.1. The van der Waals surface area contributed by atoms with Gasteiger partial charge in [0.2, 0.25) is 5.88 Å². The van der Waals surface area contributed by atoms with Crippen LogP contribution in [0, 0.1) is 0 Å². The summed E-state index contributed by atoms with van der Waals surface area (Å²) in [6.07, 6.45) is 4.96. The summed E-state index contributed by atoms with van der Waals surface area (Å²) in [5.74, 6) is 1.55. The van der Waals surface area contributed by atoms with E-state index in [0.717, 1.165) is 16.3 Å². The molecule has 2 aromatic carbocycles. The van der Waals surface area contributed by atoms with Crippen LogP contribution in [0.25, 0.3) is 10.8 Å². The zero-order chi connectivity index (χ0) is 17.8. The standard InChI is InChI=1S/C20H17N5O/c21-18-19(23-12-14-5-4-10-22-11-14)24-13-25-20(18)26-17-9-3-7-15-6-1-2-8-16(15)17/h1-11,13H,12,21H2,(H,23,24,25). The third-order valence-corrected chi connectivity index (χ3v) is 3.99. The Kier molecular flexibility index (Phi) is 4.30. The van der Waals surface area contributed by atoms with E-state index in [1.165, 1.54) is 6.33 Å². The minimum Gasteiger partial charge on any atom is -0.436 e. The zero-order valence-electron chi connectivity index (χ0n) is 14.0. The molecule has 0 unspecified atom stereocenters. The van der Waals surface area contributed by atoms with Crippen LogP contribution >= 0.6 is 0 Å². The van der Waals surface area contributed by atoms with E-state index in [-0.39, 0.29) is 0 Å². The maximum Gasteiger partial charge on any atom is 0.248 e. The number of hydrogen-bond acceptors (Lipinski definition) is 6. The topological polar surface area (TPSA) is 86.0 Å². The highest BCUT2D eigenvalue weighted by Gasteiger charge is 2.11. The van der Waals surface area contributed by atoms with Crippen molar-refractivity contribution in [2.75, 3.05) is 11.1 Å². The lowest BCUT2D eigenvalue weighted by molar-refractivity contribution is 0.470. The number of nitrogens with two attached hydrogens (primary N) is 1. The van der Waals surface area contributed by atoms with Gasteiger partial charge in [0, 0.05) is 24.3 Å². The number of nitrogen functional groups attached to an aromatic ring is 1. The van der Waals surface area contributed by atoms with Crippen LogP contribution in [-0.2, 0) is 6.54 Å². The molecule has 4 rings (SSSR count). The number of ether oxygens (including phenoxy) is 1. The fourth-order valence-electron chi connectivity index (χ4n) is 2.68. The molecular formula is C20H17N5O. The fraction of sp³-hybridized carbons (Fsp3) is 0.0500. The van der Waals surface area contributed by atoms with E-state index in [4.69, 9.17) is 10.5 Å². The van der Waals surface area contributed by atoms with E-state index in [2.05, 4.69) is 20.3 Å². The van der Waals surface area contributed by atoms with E-state index in [1.807, 2.05) is 54.6 Å². The van der Waals surface area contributed by atoms with Crippen LogP contribution in [0.2, 0.25) is 0 Å². The van der Waals surface area contributed by atoms with Gasteiger partial charge < -0.3 is 15.8 Å². The molecule has 0 aliphatic heterocycles. The van der Waals surface area contributed by atoms with Crippen LogP contribution in [0.3, 0.4) is 0 Å². The lowest BCUT2D eigenvalue weighted by Gasteiger charge is -2.13. The van der Waals surface area contributed by atoms with Crippen LogP contribution in [0.4, 0.5) is 11.5 Å². The molecule has 0 bridgehead atoms. The molecule has 0 spiro atoms. The smallest absolute Gasteiger partial charge is 0.248 e. The number of fused-ring (bicyclic) bond motifs is 1. The third kappa shape index (κ3) is 3.25. The van der Waals surface area contributed by atoms with Crippen LogP contribution in [-0.4, -0.2) is 15.0 Å². The summed E-state index contributed by atoms with van der Waals surface area (Å²) >= 11 is 0. The van der Waals surface area contributed by atoms with E-state index < -0.39 is 0 Å². The van der Waals surface area contributed by atoms with Gasteiger partial charge in [-0.05, 0) is 23.1 Å². The minimum atomic E-state index is 0.324. The molecule has 0 saturated carbocycles. The maximum atomic E-state index is 6.21. The minimum absolute atomic E-state index is 0.324. The molecule has 0 saturated heterocycles. The fourth-order valence-corrected chi connectivity index (χ4v) is 2.68. The van der Waals surface area contributed by atoms with Gasteiger partial charge in [-0.15, -0.1) is 0 Å². The summed E-state index contributed by atoms with van der Waals surface area (Å²) in [4.78, 5) is 12.5. The summed E-state index contributed by atoms with van der Waals surface area (Å²) in [6.45, 7) is 0.558. The molecule has 0 fully saturated rings. The number of benzene rings is 2. The van der Waals surface area contributed by atoms with Crippen molar-refractivity contribution >= 4 is 22.3 Å². The van der Waals surface area contributed by atoms with Gasteiger partial charge in [-0.3, -0.25) is 4.98 Å². The van der Waals surface area contributed by atoms with Gasteiger partial charge in [0.05, 0.1) is 0 Å². The van der Waals surface area contributed by atoms with E-state index >= 15 is 0 Å². The van der Waals surface area contributed by atoms with Crippen LogP contribution < -0.4 is 15.8 Å². The molecule has 4 aromatic rings. The van der Waals surface area contributed by atoms with Crippen molar-refractivity contribution in [1.29, 1.82) is 0 Å². The van der Waals surface area contributed by atoms with Crippen LogP contribution in [0.15, 0.2) is 73.3 Å². The quantitative estimate of drug-likeness (QED) is 0.569. The van der Waals surface area contributed by atoms with Gasteiger partial charge >= 0.3 is 0 Å². The van der Waals surface area contributed by atoms with Gasteiger partial charge in [-0.1, -0.05) is 42.5 Å². The first-order valence-electron chi connectivity index (χ1n) is 8.20. The van der Waals surface area contributed by atoms with Gasteiger partial charge in [0.15, 0.2) is 5.82 Å². The highest BCUT2D eigenvalue weighted by Crippen LogP contribution is 2.33. The molecule has 3 N–H and O–H groups in total. The van der Waals surface area contributed by atoms with Crippen molar-refractivity contribution in [1.82, 2.24) is 15.0 Å². The summed E-state index contributed by atoms with van der Waals surface area (Å²) in [7, 11) is 0. The van der Waals surface area contributed by atoms with Crippen LogP contribution in [0.5, 0.6) is 11.6 Å². The molecule has 0 radical (unpaired) electrons. The number of pyridine rings is 1. The molecular weight excluding hydrogens is 326 g/mol. The van der Waals surface area contributed by atoms with Crippen molar-refractivity contribution < 1.29 is 4.74 Å². The van der Waals surface area contributed by atoms with E-state index in [0.29, 0.717) is 29.7 Å². The highest BCUT2D eigenvalue weighted by atomic mass is 16.5. The number of aromatic nitrogens is 3. The van der Waals surface area contributed by atoms with Gasteiger partial charge in [-0.2, -0.15) is 4.98 Å². The first kappa shape index (κ1) is 15.8. The SMILES string of the molecule is Nc1c(NCc2cccnc2)ncnc1Oc1cccc2ccccc12. The Morgan fingerprint density at radius 2 is 1.85 bits per heavy atom. The Balaban J connectivity index is 1.59. The Bertz CT molecular complexity index is 1030. The number of nitrogens with zero attached hydrogens (tertiary/aromatic N) is 3. The third-order valence-electron chi connectivity index (χ3n) is 3.99. The van der Waals surface area contributed by atoms with Crippen molar-refractivity contribution in [3.05, 3.63) is 78.9 Å². The molecule has 0 amide bonds. The monoisotopic (exact) mass is 343 g/mol. The first-order valence-corrected chi connectivity index (χ1v) is 8.20. The second kappa shape index (κ2) is 7.06.